The highest BCUT2D eigenvalue weighted by Gasteiger charge is 2.37. The van der Waals surface area contributed by atoms with Gasteiger partial charge in [-0.25, -0.2) is 8.42 Å². The van der Waals surface area contributed by atoms with Crippen molar-refractivity contribution in [3.63, 3.8) is 0 Å². The van der Waals surface area contributed by atoms with Gasteiger partial charge in [-0.3, -0.25) is 10.1 Å². The molecule has 0 aromatic heterocycles. The minimum absolute atomic E-state index is 0.0825. The van der Waals surface area contributed by atoms with Crippen LogP contribution in [0.25, 0.3) is 0 Å². The Kier molecular flexibility index (Phi) is 5.03. The van der Waals surface area contributed by atoms with Crippen molar-refractivity contribution >= 4 is 31.6 Å². The molecule has 0 amide bonds. The van der Waals surface area contributed by atoms with Gasteiger partial charge < -0.3 is 0 Å². The molecule has 120 valence electrons. The Morgan fingerprint density at radius 1 is 1.32 bits per heavy atom. The van der Waals surface area contributed by atoms with Crippen LogP contribution in [0.3, 0.4) is 0 Å². The topological polar surface area (TPSA) is 80.5 Å². The van der Waals surface area contributed by atoms with Crippen LogP contribution in [0.4, 0.5) is 5.69 Å². The molecule has 1 saturated heterocycles. The van der Waals surface area contributed by atoms with Crippen LogP contribution in [-0.2, 0) is 10.0 Å². The highest BCUT2D eigenvalue weighted by atomic mass is 79.9. The van der Waals surface area contributed by atoms with E-state index in [4.69, 9.17) is 0 Å². The normalized spacial score (nSPS) is 19.1. The van der Waals surface area contributed by atoms with Crippen molar-refractivity contribution in [3.8, 4) is 0 Å². The number of nitro groups is 1. The average molecular weight is 389 g/mol. The number of sulfonamides is 1. The SMILES string of the molecule is CC(C)=C(Br)[C@@H]1CCCN1S(=O)(=O)c1ccc([N+](=O)[O-])cc1. The van der Waals surface area contributed by atoms with E-state index >= 15 is 0 Å². The maximum Gasteiger partial charge on any atom is 0.269 e. The molecule has 6 nitrogen and oxygen atoms in total. The predicted molar refractivity (Wildman–Crippen MR) is 87.3 cm³/mol. The summed E-state index contributed by atoms with van der Waals surface area (Å²) in [6, 6.07) is 4.81. The van der Waals surface area contributed by atoms with E-state index in [-0.39, 0.29) is 16.6 Å². The average Bonchev–Trinajstić information content (AvgIpc) is 2.96. The summed E-state index contributed by atoms with van der Waals surface area (Å²) in [6.07, 6.45) is 1.55. The lowest BCUT2D eigenvalue weighted by molar-refractivity contribution is -0.384. The molecule has 0 saturated carbocycles. The van der Waals surface area contributed by atoms with E-state index in [2.05, 4.69) is 15.9 Å². The van der Waals surface area contributed by atoms with Gasteiger partial charge in [0.05, 0.1) is 15.9 Å². The molecule has 0 spiro atoms. The fourth-order valence-corrected chi connectivity index (χ4v) is 4.77. The second-order valence-electron chi connectivity index (χ2n) is 5.37. The van der Waals surface area contributed by atoms with Crippen LogP contribution in [0, 0.1) is 10.1 Å². The van der Waals surface area contributed by atoms with Gasteiger partial charge in [0.2, 0.25) is 10.0 Å². The number of nitrogens with zero attached hydrogens (tertiary/aromatic N) is 2. The molecule has 1 aliphatic heterocycles. The molecule has 1 aromatic rings. The first-order valence-electron chi connectivity index (χ1n) is 6.84. The Hall–Kier alpha value is -1.25. The summed E-state index contributed by atoms with van der Waals surface area (Å²) in [5, 5.41) is 10.7. The maximum absolute atomic E-state index is 12.8. The standard InChI is InChI=1S/C14H17BrN2O4S/c1-10(2)14(15)13-4-3-9-16(13)22(20,21)12-7-5-11(6-8-12)17(18)19/h5-8,13H,3-4,9H2,1-2H3/t13-/m0/s1. The van der Waals surface area contributed by atoms with Gasteiger partial charge in [-0.05, 0) is 38.8 Å². The fourth-order valence-electron chi connectivity index (χ4n) is 2.49. The van der Waals surface area contributed by atoms with Crippen LogP contribution >= 0.6 is 15.9 Å². The molecular formula is C14H17BrN2O4S. The van der Waals surface area contributed by atoms with Gasteiger partial charge in [0.1, 0.15) is 0 Å². The lowest BCUT2D eigenvalue weighted by Crippen LogP contribution is -2.36. The van der Waals surface area contributed by atoms with Crippen molar-refractivity contribution in [2.24, 2.45) is 0 Å². The van der Waals surface area contributed by atoms with Crippen molar-refractivity contribution in [2.75, 3.05) is 6.54 Å². The molecule has 1 aliphatic rings. The number of non-ortho nitro benzene ring substituents is 1. The molecule has 0 bridgehead atoms. The van der Waals surface area contributed by atoms with Crippen molar-refractivity contribution in [1.29, 1.82) is 0 Å². The smallest absolute Gasteiger partial charge is 0.258 e. The van der Waals surface area contributed by atoms with E-state index < -0.39 is 14.9 Å². The number of hydrogen-bond donors (Lipinski definition) is 0. The van der Waals surface area contributed by atoms with Crippen LogP contribution < -0.4 is 0 Å². The van der Waals surface area contributed by atoms with E-state index in [1.165, 1.54) is 28.6 Å². The molecule has 1 fully saturated rings. The van der Waals surface area contributed by atoms with Gasteiger partial charge in [-0.2, -0.15) is 4.31 Å². The highest BCUT2D eigenvalue weighted by molar-refractivity contribution is 9.11. The zero-order valence-electron chi connectivity index (χ0n) is 12.3. The van der Waals surface area contributed by atoms with Crippen molar-refractivity contribution in [3.05, 3.63) is 44.4 Å². The summed E-state index contributed by atoms with van der Waals surface area (Å²) in [4.78, 5) is 10.2. The summed E-state index contributed by atoms with van der Waals surface area (Å²) in [7, 11) is -3.66. The lowest BCUT2D eigenvalue weighted by atomic mass is 10.1. The van der Waals surface area contributed by atoms with Gasteiger partial charge in [-0.1, -0.05) is 21.5 Å². The molecule has 0 aliphatic carbocycles. The molecule has 0 unspecified atom stereocenters. The summed E-state index contributed by atoms with van der Waals surface area (Å²) in [5.74, 6) is 0. The van der Waals surface area contributed by atoms with E-state index in [1.807, 2.05) is 13.8 Å². The Bertz CT molecular complexity index is 709. The zero-order valence-corrected chi connectivity index (χ0v) is 14.7. The third kappa shape index (κ3) is 3.23. The minimum Gasteiger partial charge on any atom is -0.258 e. The van der Waals surface area contributed by atoms with Crippen LogP contribution in [0.5, 0.6) is 0 Å². The monoisotopic (exact) mass is 388 g/mol. The molecule has 1 aromatic carbocycles. The molecule has 2 rings (SSSR count). The number of rotatable bonds is 4. The van der Waals surface area contributed by atoms with Crippen LogP contribution in [0.15, 0.2) is 39.2 Å². The fraction of sp³-hybridized carbons (Fsp3) is 0.429. The minimum atomic E-state index is -3.66. The number of hydrogen-bond acceptors (Lipinski definition) is 4. The largest absolute Gasteiger partial charge is 0.269 e. The predicted octanol–water partition coefficient (Wildman–Crippen LogP) is 3.44. The van der Waals surface area contributed by atoms with Gasteiger partial charge >= 0.3 is 0 Å². The Labute approximate surface area is 138 Å². The highest BCUT2D eigenvalue weighted by Crippen LogP contribution is 2.34. The van der Waals surface area contributed by atoms with E-state index in [0.717, 1.165) is 22.9 Å². The van der Waals surface area contributed by atoms with Gasteiger partial charge in [-0.15, -0.1) is 0 Å². The first kappa shape index (κ1) is 17.1. The molecular weight excluding hydrogens is 372 g/mol. The zero-order chi connectivity index (χ0) is 16.5. The Balaban J connectivity index is 2.37. The van der Waals surface area contributed by atoms with Gasteiger partial charge in [0.25, 0.3) is 5.69 Å². The van der Waals surface area contributed by atoms with Crippen molar-refractivity contribution in [1.82, 2.24) is 4.31 Å². The number of allylic oxidation sites excluding steroid dienone is 1. The van der Waals surface area contributed by atoms with E-state index in [1.54, 1.807) is 0 Å². The van der Waals surface area contributed by atoms with Gasteiger partial charge in [0.15, 0.2) is 0 Å². The number of halogens is 1. The summed E-state index contributed by atoms with van der Waals surface area (Å²) < 4.78 is 27.9. The molecule has 1 atom stereocenters. The first-order chi connectivity index (χ1) is 10.2. The van der Waals surface area contributed by atoms with E-state index in [0.29, 0.717) is 6.54 Å². The van der Waals surface area contributed by atoms with Crippen LogP contribution in [0.2, 0.25) is 0 Å². The summed E-state index contributed by atoms with van der Waals surface area (Å²) >= 11 is 3.49. The van der Waals surface area contributed by atoms with Crippen LogP contribution in [-0.4, -0.2) is 30.2 Å². The Morgan fingerprint density at radius 2 is 1.91 bits per heavy atom. The quantitative estimate of drug-likeness (QED) is 0.584. The first-order valence-corrected chi connectivity index (χ1v) is 9.07. The molecule has 8 heteroatoms. The third-order valence-corrected chi connectivity index (χ3v) is 6.87. The molecule has 1 heterocycles. The molecule has 0 radical (unpaired) electrons. The maximum atomic E-state index is 12.8. The summed E-state index contributed by atoms with van der Waals surface area (Å²) in [6.45, 7) is 4.31. The second-order valence-corrected chi connectivity index (χ2v) is 8.12. The van der Waals surface area contributed by atoms with Crippen molar-refractivity contribution < 1.29 is 13.3 Å². The Morgan fingerprint density at radius 3 is 2.41 bits per heavy atom. The third-order valence-electron chi connectivity index (χ3n) is 3.63. The number of benzene rings is 1. The number of nitro benzene ring substituents is 1. The second kappa shape index (κ2) is 6.47. The lowest BCUT2D eigenvalue weighted by Gasteiger charge is -2.24. The molecule has 22 heavy (non-hydrogen) atoms. The van der Waals surface area contributed by atoms with Crippen LogP contribution in [0.1, 0.15) is 26.7 Å². The van der Waals surface area contributed by atoms with E-state index in [9.17, 15) is 18.5 Å². The van der Waals surface area contributed by atoms with Crippen molar-refractivity contribution in [2.45, 2.75) is 37.6 Å². The molecule has 0 N–H and O–H groups in total. The summed E-state index contributed by atoms with van der Waals surface area (Å²) in [5.41, 5.74) is 0.915. The van der Waals surface area contributed by atoms with Gasteiger partial charge in [0, 0.05) is 23.2 Å².